The molecule has 10 heteroatoms. The number of aliphatic hydroxyl groups is 2. The van der Waals surface area contributed by atoms with Crippen molar-refractivity contribution < 1.29 is 48.3 Å². The monoisotopic (exact) mass is 486 g/mol. The van der Waals surface area contributed by atoms with Crippen LogP contribution in [0.2, 0.25) is 0 Å². The number of hydrogen-bond donors (Lipinski definition) is 2. The molecule has 1 saturated heterocycles. The Hall–Kier alpha value is -3.47. The lowest BCUT2D eigenvalue weighted by Crippen LogP contribution is -2.70. The summed E-state index contributed by atoms with van der Waals surface area (Å²) in [6.45, 7) is 2.34. The summed E-state index contributed by atoms with van der Waals surface area (Å²) in [4.78, 5) is 38.4. The van der Waals surface area contributed by atoms with Crippen LogP contribution in [-0.2, 0) is 43.7 Å². The van der Waals surface area contributed by atoms with Crippen LogP contribution in [-0.4, -0.2) is 65.9 Å². The summed E-state index contributed by atoms with van der Waals surface area (Å²) in [5.74, 6) is -5.68. The smallest absolute Gasteiger partial charge is 0.350 e. The zero-order chi connectivity index (χ0) is 25.2. The maximum absolute atomic E-state index is 13.7. The molecule has 2 aromatic carbocycles. The van der Waals surface area contributed by atoms with Gasteiger partial charge >= 0.3 is 17.9 Å². The van der Waals surface area contributed by atoms with Crippen LogP contribution in [0.1, 0.15) is 19.4 Å². The average Bonchev–Trinajstić information content (AvgIpc) is 3.20. The highest BCUT2D eigenvalue weighted by Crippen LogP contribution is 2.58. The van der Waals surface area contributed by atoms with E-state index in [1.165, 1.54) is 20.1 Å². The summed E-state index contributed by atoms with van der Waals surface area (Å²) in [5, 5.41) is 22.1. The van der Waals surface area contributed by atoms with Crippen molar-refractivity contribution in [3.8, 4) is 0 Å². The highest BCUT2D eigenvalue weighted by atomic mass is 16.8. The van der Waals surface area contributed by atoms with E-state index in [2.05, 4.69) is 0 Å². The van der Waals surface area contributed by atoms with Crippen molar-refractivity contribution in [3.63, 3.8) is 0 Å². The summed E-state index contributed by atoms with van der Waals surface area (Å²) in [6.07, 6.45) is -1.26. The van der Waals surface area contributed by atoms with Gasteiger partial charge < -0.3 is 33.9 Å². The van der Waals surface area contributed by atoms with Gasteiger partial charge in [0, 0.05) is 0 Å². The number of aliphatic hydroxyl groups excluding tert-OH is 2. The van der Waals surface area contributed by atoms with Crippen LogP contribution in [0.25, 0.3) is 10.8 Å². The van der Waals surface area contributed by atoms with Crippen molar-refractivity contribution in [2.24, 2.45) is 5.92 Å². The van der Waals surface area contributed by atoms with Crippen molar-refractivity contribution in [2.75, 3.05) is 19.8 Å². The minimum Gasteiger partial charge on any atom is -0.467 e. The molecule has 10 nitrogen and oxygen atoms in total. The third-order valence-corrected chi connectivity index (χ3v) is 6.05. The van der Waals surface area contributed by atoms with Gasteiger partial charge in [0.25, 0.3) is 0 Å². The second kappa shape index (κ2) is 9.65. The number of rotatable bonds is 9. The molecular formula is C25H26O10. The second-order valence-corrected chi connectivity index (χ2v) is 8.07. The molecule has 35 heavy (non-hydrogen) atoms. The maximum Gasteiger partial charge on any atom is 0.350 e. The van der Waals surface area contributed by atoms with Crippen molar-refractivity contribution in [1.29, 1.82) is 0 Å². The summed E-state index contributed by atoms with van der Waals surface area (Å²) in [5.41, 5.74) is -1.46. The van der Waals surface area contributed by atoms with Gasteiger partial charge in [-0.05, 0) is 42.3 Å². The molecule has 2 aliphatic rings. The van der Waals surface area contributed by atoms with Crippen LogP contribution in [0, 0.1) is 5.92 Å². The van der Waals surface area contributed by atoms with E-state index in [1.54, 1.807) is 24.3 Å². The molecule has 0 aliphatic carbocycles. The molecule has 0 unspecified atom stereocenters. The molecule has 186 valence electrons. The van der Waals surface area contributed by atoms with Crippen molar-refractivity contribution in [1.82, 2.24) is 0 Å². The molecule has 4 rings (SSSR count). The SMILES string of the molecule is CCOC(=O)[C@H](O)[C@@H](OC(=O)[C@@]1(c2ccc3ccccc3c2)O[C@]2(CO)OC=C[C@@H]21)C(=O)OCC. The van der Waals surface area contributed by atoms with Gasteiger partial charge in [-0.15, -0.1) is 0 Å². The molecule has 2 aromatic rings. The first-order chi connectivity index (χ1) is 16.8. The average molecular weight is 486 g/mol. The largest absolute Gasteiger partial charge is 0.467 e. The fourth-order valence-corrected chi connectivity index (χ4v) is 4.40. The van der Waals surface area contributed by atoms with Crippen LogP contribution in [0.3, 0.4) is 0 Å². The number of carbonyl (C=O) groups excluding carboxylic acids is 3. The Morgan fingerprint density at radius 2 is 1.71 bits per heavy atom. The molecular weight excluding hydrogens is 460 g/mol. The molecule has 0 saturated carbocycles. The Balaban J connectivity index is 1.74. The molecule has 2 heterocycles. The second-order valence-electron chi connectivity index (χ2n) is 8.07. The Morgan fingerprint density at radius 1 is 1.03 bits per heavy atom. The lowest BCUT2D eigenvalue weighted by molar-refractivity contribution is -0.395. The van der Waals surface area contributed by atoms with E-state index < -0.39 is 54.0 Å². The van der Waals surface area contributed by atoms with E-state index in [9.17, 15) is 24.6 Å². The summed E-state index contributed by atoms with van der Waals surface area (Å²) < 4.78 is 26.5. The van der Waals surface area contributed by atoms with E-state index in [4.69, 9.17) is 23.7 Å². The first kappa shape index (κ1) is 24.6. The first-order valence-electron chi connectivity index (χ1n) is 11.2. The fourth-order valence-electron chi connectivity index (χ4n) is 4.40. The Morgan fingerprint density at radius 3 is 2.40 bits per heavy atom. The summed E-state index contributed by atoms with van der Waals surface area (Å²) in [6, 6.07) is 12.6. The van der Waals surface area contributed by atoms with E-state index in [-0.39, 0.29) is 13.2 Å². The van der Waals surface area contributed by atoms with Crippen LogP contribution in [0.4, 0.5) is 0 Å². The number of ether oxygens (including phenoxy) is 5. The predicted octanol–water partition coefficient (Wildman–Crippen LogP) is 1.31. The summed E-state index contributed by atoms with van der Waals surface area (Å²) in [7, 11) is 0. The first-order valence-corrected chi connectivity index (χ1v) is 11.2. The van der Waals surface area contributed by atoms with Gasteiger partial charge in [-0.25, -0.2) is 14.4 Å². The zero-order valence-corrected chi connectivity index (χ0v) is 19.2. The van der Waals surface area contributed by atoms with E-state index in [0.29, 0.717) is 5.56 Å². The van der Waals surface area contributed by atoms with Crippen molar-refractivity contribution in [2.45, 2.75) is 37.4 Å². The Kier molecular flexibility index (Phi) is 6.79. The third-order valence-electron chi connectivity index (χ3n) is 6.05. The standard InChI is InChI=1S/C25H26O10/c1-3-31-21(28)19(27)20(22(29)32-4-2)34-23(30)25(18-11-12-33-24(18,14-26)35-25)17-10-9-15-7-5-6-8-16(15)13-17/h5-13,18-20,26-27H,3-4,14H2,1-2H3/t18-,19+,20+,24-,25-/m0/s1. The van der Waals surface area contributed by atoms with Gasteiger partial charge in [-0.1, -0.05) is 36.4 Å². The van der Waals surface area contributed by atoms with Crippen LogP contribution in [0.5, 0.6) is 0 Å². The van der Waals surface area contributed by atoms with Crippen molar-refractivity contribution in [3.05, 3.63) is 60.4 Å². The van der Waals surface area contributed by atoms with Gasteiger partial charge in [0.1, 0.15) is 6.61 Å². The summed E-state index contributed by atoms with van der Waals surface area (Å²) >= 11 is 0. The van der Waals surface area contributed by atoms with Gasteiger partial charge in [0.05, 0.1) is 25.4 Å². The number of carbonyl (C=O) groups is 3. The Labute approximate surface area is 201 Å². The normalized spacial score (nSPS) is 26.1. The van der Waals surface area contributed by atoms with E-state index in [1.807, 2.05) is 24.3 Å². The van der Waals surface area contributed by atoms with Crippen LogP contribution < -0.4 is 0 Å². The molecule has 0 aromatic heterocycles. The zero-order valence-electron chi connectivity index (χ0n) is 19.2. The lowest BCUT2D eigenvalue weighted by atomic mass is 9.70. The molecule has 0 spiro atoms. The van der Waals surface area contributed by atoms with E-state index in [0.717, 1.165) is 10.8 Å². The predicted molar refractivity (Wildman–Crippen MR) is 119 cm³/mol. The third kappa shape index (κ3) is 4.03. The molecule has 0 radical (unpaired) electrons. The Bertz CT molecular complexity index is 1160. The molecule has 0 amide bonds. The van der Waals surface area contributed by atoms with Gasteiger partial charge in [0.2, 0.25) is 17.5 Å². The highest BCUT2D eigenvalue weighted by Gasteiger charge is 2.73. The number of benzene rings is 2. The molecule has 5 atom stereocenters. The number of fused-ring (bicyclic) bond motifs is 2. The topological polar surface area (TPSA) is 138 Å². The number of esters is 3. The quantitative estimate of drug-likeness (QED) is 0.394. The molecule has 1 fully saturated rings. The van der Waals surface area contributed by atoms with Gasteiger partial charge in [0.15, 0.2) is 6.10 Å². The maximum atomic E-state index is 13.7. The highest BCUT2D eigenvalue weighted by molar-refractivity contribution is 5.92. The van der Waals surface area contributed by atoms with Crippen LogP contribution >= 0.6 is 0 Å². The molecule has 2 N–H and O–H groups in total. The number of hydrogen-bond acceptors (Lipinski definition) is 10. The van der Waals surface area contributed by atoms with Crippen LogP contribution in [0.15, 0.2) is 54.8 Å². The minimum absolute atomic E-state index is 0.0627. The van der Waals surface area contributed by atoms with Gasteiger partial charge in [-0.2, -0.15) is 0 Å². The van der Waals surface area contributed by atoms with Crippen molar-refractivity contribution >= 4 is 28.7 Å². The minimum atomic E-state index is -2.12. The lowest BCUT2D eigenvalue weighted by Gasteiger charge is -2.55. The fraction of sp³-hybridized carbons (Fsp3) is 0.400. The molecule has 2 aliphatic heterocycles. The van der Waals surface area contributed by atoms with E-state index >= 15 is 0 Å². The van der Waals surface area contributed by atoms with Gasteiger partial charge in [-0.3, -0.25) is 0 Å². The molecule has 0 bridgehead atoms.